The maximum atomic E-state index is 13.9. The van der Waals surface area contributed by atoms with Crippen molar-refractivity contribution in [3.63, 3.8) is 0 Å². The van der Waals surface area contributed by atoms with Gasteiger partial charge in [0.15, 0.2) is 0 Å². The SMILES string of the molecule is CCCN(C(=O)C(CC)c1ccccc1)C(C)c1nc2ccccc2c(=O)n1-c1cccc(Cl)c1. The summed E-state index contributed by atoms with van der Waals surface area (Å²) in [5, 5.41) is 1.05. The number of rotatable bonds is 8. The second-order valence-electron chi connectivity index (χ2n) is 8.69. The van der Waals surface area contributed by atoms with Gasteiger partial charge in [0.2, 0.25) is 5.91 Å². The number of fused-ring (bicyclic) bond motifs is 1. The van der Waals surface area contributed by atoms with Gasteiger partial charge in [0.25, 0.3) is 5.56 Å². The summed E-state index contributed by atoms with van der Waals surface area (Å²) in [7, 11) is 0. The molecule has 0 aliphatic rings. The van der Waals surface area contributed by atoms with Crippen molar-refractivity contribution in [2.75, 3.05) is 6.54 Å². The summed E-state index contributed by atoms with van der Waals surface area (Å²) < 4.78 is 1.60. The predicted octanol–water partition coefficient (Wildman–Crippen LogP) is 6.53. The zero-order valence-electron chi connectivity index (χ0n) is 20.3. The van der Waals surface area contributed by atoms with Crippen LogP contribution in [0, 0.1) is 0 Å². The van der Waals surface area contributed by atoms with Crippen molar-refractivity contribution in [1.82, 2.24) is 14.5 Å². The molecule has 1 heterocycles. The lowest BCUT2D eigenvalue weighted by molar-refractivity contribution is -0.135. The van der Waals surface area contributed by atoms with E-state index in [-0.39, 0.29) is 17.4 Å². The van der Waals surface area contributed by atoms with E-state index >= 15 is 0 Å². The molecule has 4 aromatic rings. The lowest BCUT2D eigenvalue weighted by Crippen LogP contribution is -2.40. The standard InChI is InChI=1S/C29H30ClN3O2/c1-4-18-32(28(34)24(5-2)21-12-7-6-8-13-21)20(3)27-31-26-17-10-9-16-25(26)29(35)33(27)23-15-11-14-22(30)19-23/h6-17,19-20,24H,4-5,18H2,1-3H3. The molecule has 1 amide bonds. The van der Waals surface area contributed by atoms with Gasteiger partial charge in [-0.05, 0) is 55.7 Å². The van der Waals surface area contributed by atoms with Crippen molar-refractivity contribution in [1.29, 1.82) is 0 Å². The number of nitrogens with zero attached hydrogens (tertiary/aromatic N) is 3. The van der Waals surface area contributed by atoms with Crippen LogP contribution in [0.25, 0.3) is 16.6 Å². The highest BCUT2D eigenvalue weighted by atomic mass is 35.5. The van der Waals surface area contributed by atoms with Crippen LogP contribution in [0.4, 0.5) is 0 Å². The Morgan fingerprint density at radius 3 is 2.40 bits per heavy atom. The van der Waals surface area contributed by atoms with E-state index in [2.05, 4.69) is 0 Å². The summed E-state index contributed by atoms with van der Waals surface area (Å²) in [6.07, 6.45) is 1.47. The second kappa shape index (κ2) is 10.9. The Balaban J connectivity index is 1.88. The van der Waals surface area contributed by atoms with Gasteiger partial charge in [0.05, 0.1) is 28.6 Å². The highest BCUT2D eigenvalue weighted by molar-refractivity contribution is 6.30. The van der Waals surface area contributed by atoms with Crippen LogP contribution in [-0.2, 0) is 4.79 Å². The minimum Gasteiger partial charge on any atom is -0.332 e. The summed E-state index contributed by atoms with van der Waals surface area (Å²) in [6.45, 7) is 6.58. The third-order valence-electron chi connectivity index (χ3n) is 6.37. The first-order valence-corrected chi connectivity index (χ1v) is 12.5. The fourth-order valence-electron chi connectivity index (χ4n) is 4.61. The van der Waals surface area contributed by atoms with E-state index in [0.29, 0.717) is 40.4 Å². The highest BCUT2D eigenvalue weighted by Gasteiger charge is 2.31. The fraction of sp³-hybridized carbons (Fsp3) is 0.276. The van der Waals surface area contributed by atoms with Crippen molar-refractivity contribution < 1.29 is 4.79 Å². The Morgan fingerprint density at radius 1 is 1.00 bits per heavy atom. The number of aromatic nitrogens is 2. The summed E-state index contributed by atoms with van der Waals surface area (Å²) in [6, 6.07) is 23.9. The van der Waals surface area contributed by atoms with Gasteiger partial charge < -0.3 is 4.90 Å². The third-order valence-corrected chi connectivity index (χ3v) is 6.60. The number of benzene rings is 3. The fourth-order valence-corrected chi connectivity index (χ4v) is 4.79. The molecule has 180 valence electrons. The molecular formula is C29H30ClN3O2. The third kappa shape index (κ3) is 5.01. The average molecular weight is 488 g/mol. The number of carbonyl (C=O) groups is 1. The second-order valence-corrected chi connectivity index (χ2v) is 9.12. The molecule has 6 heteroatoms. The first-order valence-electron chi connectivity index (χ1n) is 12.1. The maximum absolute atomic E-state index is 13.9. The van der Waals surface area contributed by atoms with Crippen LogP contribution in [0.3, 0.4) is 0 Å². The average Bonchev–Trinajstić information content (AvgIpc) is 2.88. The molecule has 2 unspecified atom stereocenters. The Morgan fingerprint density at radius 2 is 1.71 bits per heavy atom. The van der Waals surface area contributed by atoms with Gasteiger partial charge in [0, 0.05) is 11.6 Å². The molecule has 5 nitrogen and oxygen atoms in total. The Kier molecular flexibility index (Phi) is 7.67. The monoisotopic (exact) mass is 487 g/mol. The summed E-state index contributed by atoms with van der Waals surface area (Å²) in [5.41, 5.74) is 2.05. The molecule has 4 rings (SSSR count). The topological polar surface area (TPSA) is 55.2 Å². The number of halogens is 1. The largest absolute Gasteiger partial charge is 0.332 e. The van der Waals surface area contributed by atoms with Crippen LogP contribution < -0.4 is 5.56 Å². The summed E-state index contributed by atoms with van der Waals surface area (Å²) >= 11 is 6.29. The van der Waals surface area contributed by atoms with Gasteiger partial charge in [-0.3, -0.25) is 14.2 Å². The van der Waals surface area contributed by atoms with Gasteiger partial charge in [0.1, 0.15) is 5.82 Å². The normalized spacial score (nSPS) is 12.9. The number of hydrogen-bond acceptors (Lipinski definition) is 3. The van der Waals surface area contributed by atoms with Gasteiger partial charge in [-0.25, -0.2) is 4.98 Å². The highest BCUT2D eigenvalue weighted by Crippen LogP contribution is 2.29. The molecule has 0 N–H and O–H groups in total. The lowest BCUT2D eigenvalue weighted by Gasteiger charge is -2.33. The van der Waals surface area contributed by atoms with Crippen LogP contribution >= 0.6 is 11.6 Å². The van der Waals surface area contributed by atoms with E-state index in [9.17, 15) is 9.59 Å². The summed E-state index contributed by atoms with van der Waals surface area (Å²) in [5.74, 6) is 0.283. The quantitative estimate of drug-likeness (QED) is 0.284. The van der Waals surface area contributed by atoms with E-state index in [1.54, 1.807) is 22.8 Å². The molecule has 0 bridgehead atoms. The summed E-state index contributed by atoms with van der Waals surface area (Å²) in [4.78, 5) is 34.4. The predicted molar refractivity (Wildman–Crippen MR) is 142 cm³/mol. The van der Waals surface area contributed by atoms with Crippen molar-refractivity contribution in [2.24, 2.45) is 0 Å². The minimum atomic E-state index is -0.434. The Labute approximate surface area is 211 Å². The van der Waals surface area contributed by atoms with Crippen LogP contribution in [0.1, 0.15) is 57.0 Å². The van der Waals surface area contributed by atoms with Crippen LogP contribution in [-0.4, -0.2) is 26.9 Å². The van der Waals surface area contributed by atoms with E-state index in [4.69, 9.17) is 16.6 Å². The molecule has 0 fully saturated rings. The van der Waals surface area contributed by atoms with E-state index in [1.165, 1.54) is 0 Å². The molecule has 0 spiro atoms. The lowest BCUT2D eigenvalue weighted by atomic mass is 9.94. The van der Waals surface area contributed by atoms with Crippen molar-refractivity contribution in [3.05, 3.63) is 106 Å². The van der Waals surface area contributed by atoms with Gasteiger partial charge >= 0.3 is 0 Å². The first kappa shape index (κ1) is 24.7. The molecular weight excluding hydrogens is 458 g/mol. The van der Waals surface area contributed by atoms with Crippen LogP contribution in [0.2, 0.25) is 5.02 Å². The van der Waals surface area contributed by atoms with Crippen LogP contribution in [0.15, 0.2) is 83.7 Å². The van der Waals surface area contributed by atoms with Crippen molar-refractivity contribution >= 4 is 28.4 Å². The van der Waals surface area contributed by atoms with Crippen molar-refractivity contribution in [2.45, 2.75) is 45.6 Å². The molecule has 1 aromatic heterocycles. The smallest absolute Gasteiger partial charge is 0.266 e. The molecule has 0 saturated carbocycles. The molecule has 2 atom stereocenters. The molecule has 0 radical (unpaired) electrons. The molecule has 35 heavy (non-hydrogen) atoms. The van der Waals surface area contributed by atoms with Gasteiger partial charge in [-0.15, -0.1) is 0 Å². The van der Waals surface area contributed by atoms with Crippen molar-refractivity contribution in [3.8, 4) is 5.69 Å². The number of amides is 1. The Hall–Kier alpha value is -3.44. The zero-order chi connectivity index (χ0) is 24.9. The van der Waals surface area contributed by atoms with E-state index < -0.39 is 6.04 Å². The Bertz CT molecular complexity index is 1380. The minimum absolute atomic E-state index is 0.0353. The molecule has 0 aliphatic carbocycles. The number of hydrogen-bond donors (Lipinski definition) is 0. The first-order chi connectivity index (χ1) is 17.0. The van der Waals surface area contributed by atoms with Gasteiger partial charge in [-0.1, -0.05) is 74.0 Å². The zero-order valence-corrected chi connectivity index (χ0v) is 21.1. The molecule has 0 saturated heterocycles. The maximum Gasteiger partial charge on any atom is 0.266 e. The van der Waals surface area contributed by atoms with Gasteiger partial charge in [-0.2, -0.15) is 0 Å². The molecule has 0 aliphatic heterocycles. The van der Waals surface area contributed by atoms with E-state index in [0.717, 1.165) is 12.0 Å². The van der Waals surface area contributed by atoms with Crippen LogP contribution in [0.5, 0.6) is 0 Å². The van der Waals surface area contributed by atoms with E-state index in [1.807, 2.05) is 86.3 Å². The molecule has 3 aromatic carbocycles. The number of para-hydroxylation sites is 1. The number of carbonyl (C=O) groups excluding carboxylic acids is 1.